The molecule has 0 fully saturated rings. The summed E-state index contributed by atoms with van der Waals surface area (Å²) in [6.45, 7) is 0. The van der Waals surface area contributed by atoms with Crippen LogP contribution < -0.4 is 10.5 Å². The average Bonchev–Trinajstić information content (AvgIpc) is 2.10. The summed E-state index contributed by atoms with van der Waals surface area (Å²) < 4.78 is 39.3. The molecule has 4 nitrogen and oxygen atoms in total. The fraction of sp³-hybridized carbons (Fsp3) is 0.143. The normalized spacial score (nSPS) is 11.2. The summed E-state index contributed by atoms with van der Waals surface area (Å²) in [5.41, 5.74) is 4.64. The van der Waals surface area contributed by atoms with Gasteiger partial charge in [-0.05, 0) is 0 Å². The highest BCUT2D eigenvalue weighted by atomic mass is 35.5. The van der Waals surface area contributed by atoms with Crippen molar-refractivity contribution in [3.8, 4) is 5.75 Å². The van der Waals surface area contributed by atoms with Gasteiger partial charge < -0.3 is 10.5 Å². The van der Waals surface area contributed by atoms with E-state index in [1.807, 2.05) is 0 Å². The molecule has 1 heterocycles. The minimum absolute atomic E-state index is 0.0925. The highest BCUT2D eigenvalue weighted by Crippen LogP contribution is 2.34. The quantitative estimate of drug-likeness (QED) is 0.804. The lowest BCUT2D eigenvalue weighted by molar-refractivity contribution is -0.274. The number of pyridine rings is 1. The number of nitrogen functional groups attached to an aromatic ring is 1. The number of aromatic nitrogens is 1. The van der Waals surface area contributed by atoms with Crippen molar-refractivity contribution in [3.05, 3.63) is 16.8 Å². The van der Waals surface area contributed by atoms with Crippen LogP contribution in [0.25, 0.3) is 0 Å². The Morgan fingerprint density at radius 1 is 1.53 bits per heavy atom. The summed E-state index contributed by atoms with van der Waals surface area (Å²) in [6, 6.07) is 0. The third-order valence-electron chi connectivity index (χ3n) is 1.39. The van der Waals surface area contributed by atoms with Crippen LogP contribution in [-0.4, -0.2) is 17.6 Å². The highest BCUT2D eigenvalue weighted by molar-refractivity contribution is 6.32. The van der Waals surface area contributed by atoms with Crippen LogP contribution in [0.3, 0.4) is 0 Å². The Balaban J connectivity index is 3.25. The van der Waals surface area contributed by atoms with Crippen molar-refractivity contribution in [3.63, 3.8) is 0 Å². The molecule has 15 heavy (non-hydrogen) atoms. The number of nitrogens with zero attached hydrogens (tertiary/aromatic N) is 1. The minimum atomic E-state index is -4.95. The Labute approximate surface area is 86.8 Å². The van der Waals surface area contributed by atoms with E-state index < -0.39 is 22.7 Å². The predicted molar refractivity (Wildman–Crippen MR) is 45.7 cm³/mol. The first-order valence-corrected chi connectivity index (χ1v) is 3.88. The van der Waals surface area contributed by atoms with Gasteiger partial charge in [0.25, 0.3) is 0 Å². The molecule has 8 heteroatoms. The lowest BCUT2D eigenvalue weighted by Gasteiger charge is -2.12. The SMILES string of the molecule is Nc1ncc(Cl)c(OC(F)(F)F)c1C=O. The second-order valence-electron chi connectivity index (χ2n) is 2.40. The second-order valence-corrected chi connectivity index (χ2v) is 2.81. The van der Waals surface area contributed by atoms with Gasteiger partial charge in [0, 0.05) is 0 Å². The van der Waals surface area contributed by atoms with Crippen molar-refractivity contribution in [2.45, 2.75) is 6.36 Å². The van der Waals surface area contributed by atoms with E-state index in [1.165, 1.54) is 0 Å². The molecule has 0 saturated heterocycles. The topological polar surface area (TPSA) is 65.2 Å². The van der Waals surface area contributed by atoms with Crippen LogP contribution >= 0.6 is 11.6 Å². The summed E-state index contributed by atoms with van der Waals surface area (Å²) in [4.78, 5) is 13.9. The molecule has 0 atom stereocenters. The summed E-state index contributed by atoms with van der Waals surface area (Å²) in [5.74, 6) is -1.22. The zero-order valence-electron chi connectivity index (χ0n) is 7.01. The lowest BCUT2D eigenvalue weighted by Crippen LogP contribution is -2.19. The molecule has 0 aromatic carbocycles. The largest absolute Gasteiger partial charge is 0.573 e. The number of alkyl halides is 3. The second kappa shape index (κ2) is 3.93. The zero-order valence-corrected chi connectivity index (χ0v) is 7.76. The molecule has 0 bridgehead atoms. The Bertz CT molecular complexity index is 395. The van der Waals surface area contributed by atoms with Crippen molar-refractivity contribution in [1.29, 1.82) is 0 Å². The summed E-state index contributed by atoms with van der Waals surface area (Å²) in [5, 5.41) is -0.441. The monoisotopic (exact) mass is 240 g/mol. The van der Waals surface area contributed by atoms with Crippen LogP contribution in [0.15, 0.2) is 6.20 Å². The van der Waals surface area contributed by atoms with E-state index in [-0.39, 0.29) is 12.1 Å². The van der Waals surface area contributed by atoms with Gasteiger partial charge in [0.15, 0.2) is 12.0 Å². The molecular weight excluding hydrogens is 237 g/mol. The number of rotatable bonds is 2. The Morgan fingerprint density at radius 3 is 2.60 bits per heavy atom. The van der Waals surface area contributed by atoms with Gasteiger partial charge in [-0.15, -0.1) is 13.2 Å². The van der Waals surface area contributed by atoms with Gasteiger partial charge in [-0.3, -0.25) is 4.79 Å². The van der Waals surface area contributed by atoms with Crippen LogP contribution in [-0.2, 0) is 0 Å². The molecule has 0 saturated carbocycles. The maximum absolute atomic E-state index is 11.9. The van der Waals surface area contributed by atoms with E-state index in [4.69, 9.17) is 17.3 Å². The first-order chi connectivity index (χ1) is 6.85. The number of ether oxygens (including phenoxy) is 1. The maximum Gasteiger partial charge on any atom is 0.573 e. The van der Waals surface area contributed by atoms with Crippen LogP contribution in [0.5, 0.6) is 5.75 Å². The van der Waals surface area contributed by atoms with Crippen molar-refractivity contribution in [2.24, 2.45) is 0 Å². The van der Waals surface area contributed by atoms with E-state index in [0.29, 0.717) is 0 Å². The van der Waals surface area contributed by atoms with Crippen LogP contribution in [0.1, 0.15) is 10.4 Å². The molecule has 1 aromatic rings. The third-order valence-corrected chi connectivity index (χ3v) is 1.66. The number of aldehydes is 1. The third kappa shape index (κ3) is 2.72. The molecule has 0 radical (unpaired) electrons. The van der Waals surface area contributed by atoms with Gasteiger partial charge in [0.1, 0.15) is 16.4 Å². The standard InChI is InChI=1S/C7H4ClF3N2O2/c8-4-1-13-6(12)3(2-14)5(4)15-7(9,10)11/h1-2H,(H2,12,13). The average molecular weight is 241 g/mol. The van der Waals surface area contributed by atoms with Gasteiger partial charge in [-0.25, -0.2) is 4.98 Å². The number of nitrogens with two attached hydrogens (primary N) is 1. The fourth-order valence-electron chi connectivity index (χ4n) is 0.833. The van der Waals surface area contributed by atoms with E-state index in [0.717, 1.165) is 6.20 Å². The molecule has 0 unspecified atom stereocenters. The maximum atomic E-state index is 11.9. The molecule has 0 spiro atoms. The van der Waals surface area contributed by atoms with Gasteiger partial charge in [0.05, 0.1) is 6.20 Å². The van der Waals surface area contributed by atoms with E-state index >= 15 is 0 Å². The number of halogens is 4. The minimum Gasteiger partial charge on any atom is -0.403 e. The molecule has 2 N–H and O–H groups in total. The van der Waals surface area contributed by atoms with E-state index in [2.05, 4.69) is 9.72 Å². The molecule has 0 aliphatic carbocycles. The first kappa shape index (κ1) is 11.6. The van der Waals surface area contributed by atoms with Crippen LogP contribution in [0.4, 0.5) is 19.0 Å². The molecule has 0 aliphatic rings. The Morgan fingerprint density at radius 2 is 2.13 bits per heavy atom. The number of hydrogen-bond donors (Lipinski definition) is 1. The van der Waals surface area contributed by atoms with Gasteiger partial charge >= 0.3 is 6.36 Å². The molecular formula is C7H4ClF3N2O2. The van der Waals surface area contributed by atoms with Crippen LogP contribution in [0, 0.1) is 0 Å². The predicted octanol–water partition coefficient (Wildman–Crippen LogP) is 2.03. The van der Waals surface area contributed by atoms with E-state index in [1.54, 1.807) is 0 Å². The number of hydrogen-bond acceptors (Lipinski definition) is 4. The first-order valence-electron chi connectivity index (χ1n) is 3.50. The van der Waals surface area contributed by atoms with Gasteiger partial charge in [-0.1, -0.05) is 11.6 Å². The molecule has 1 aromatic heterocycles. The van der Waals surface area contributed by atoms with Crippen molar-refractivity contribution >= 4 is 23.7 Å². The zero-order chi connectivity index (χ0) is 11.6. The van der Waals surface area contributed by atoms with Crippen molar-refractivity contribution in [1.82, 2.24) is 4.98 Å². The Kier molecular flexibility index (Phi) is 3.04. The van der Waals surface area contributed by atoms with E-state index in [9.17, 15) is 18.0 Å². The van der Waals surface area contributed by atoms with Crippen molar-refractivity contribution < 1.29 is 22.7 Å². The lowest BCUT2D eigenvalue weighted by atomic mass is 10.2. The van der Waals surface area contributed by atoms with Gasteiger partial charge in [-0.2, -0.15) is 0 Å². The van der Waals surface area contributed by atoms with Crippen molar-refractivity contribution in [2.75, 3.05) is 5.73 Å². The molecule has 0 aliphatic heterocycles. The summed E-state index contributed by atoms with van der Waals surface area (Å²) in [6.07, 6.45) is -3.99. The molecule has 0 amide bonds. The highest BCUT2D eigenvalue weighted by Gasteiger charge is 2.33. The molecule has 1 rings (SSSR count). The summed E-state index contributed by atoms with van der Waals surface area (Å²) >= 11 is 5.38. The number of carbonyl (C=O) groups excluding carboxylic acids is 1. The number of anilines is 1. The number of carbonyl (C=O) groups is 1. The Hall–Kier alpha value is -1.50. The van der Waals surface area contributed by atoms with Gasteiger partial charge in [0.2, 0.25) is 0 Å². The fourth-order valence-corrected chi connectivity index (χ4v) is 1.02. The summed E-state index contributed by atoms with van der Waals surface area (Å²) in [7, 11) is 0. The molecule has 82 valence electrons. The van der Waals surface area contributed by atoms with Crippen LogP contribution in [0.2, 0.25) is 5.02 Å². The smallest absolute Gasteiger partial charge is 0.403 e.